The van der Waals surface area contributed by atoms with E-state index in [4.69, 9.17) is 34.7 Å². The second kappa shape index (κ2) is 12.0. The maximum atomic E-state index is 13.0. The molecular formula is C27H34Cl2N8O. The van der Waals surface area contributed by atoms with Gasteiger partial charge in [0.2, 0.25) is 0 Å². The number of carbonyl (C=O) groups excluding carboxylic acids is 1. The van der Waals surface area contributed by atoms with Crippen molar-refractivity contribution in [2.24, 2.45) is 17.4 Å². The van der Waals surface area contributed by atoms with Gasteiger partial charge in [-0.3, -0.25) is 5.43 Å². The lowest BCUT2D eigenvalue weighted by Crippen LogP contribution is -2.39. The summed E-state index contributed by atoms with van der Waals surface area (Å²) in [5.74, 6) is 1.27. The number of rotatable bonds is 8. The van der Waals surface area contributed by atoms with Crippen LogP contribution in [-0.4, -0.2) is 28.2 Å². The van der Waals surface area contributed by atoms with Gasteiger partial charge in [-0.1, -0.05) is 59.6 Å². The van der Waals surface area contributed by atoms with E-state index in [-0.39, 0.29) is 18.1 Å². The zero-order valence-electron chi connectivity index (χ0n) is 21.0. The molecule has 2 aromatic carbocycles. The van der Waals surface area contributed by atoms with E-state index >= 15 is 0 Å². The summed E-state index contributed by atoms with van der Waals surface area (Å²) in [6.45, 7) is 0.662. The van der Waals surface area contributed by atoms with E-state index < -0.39 is 6.04 Å². The summed E-state index contributed by atoms with van der Waals surface area (Å²) in [6, 6.07) is 15.0. The normalized spacial score (nSPS) is 23.6. The van der Waals surface area contributed by atoms with Crippen LogP contribution in [0.4, 0.5) is 4.79 Å². The Balaban J connectivity index is 1.31. The van der Waals surface area contributed by atoms with Crippen LogP contribution in [0.5, 0.6) is 0 Å². The van der Waals surface area contributed by atoms with Crippen molar-refractivity contribution in [1.82, 2.24) is 31.5 Å². The minimum absolute atomic E-state index is 0.0282. The van der Waals surface area contributed by atoms with E-state index in [2.05, 4.69) is 31.5 Å². The van der Waals surface area contributed by atoms with Crippen LogP contribution >= 0.6 is 23.2 Å². The smallest absolute Gasteiger partial charge is 0.315 e. The van der Waals surface area contributed by atoms with Gasteiger partial charge in [-0.05, 0) is 54.5 Å². The Bertz CT molecular complexity index is 1250. The molecule has 1 saturated heterocycles. The highest BCUT2D eigenvalue weighted by molar-refractivity contribution is 6.30. The van der Waals surface area contributed by atoms with Gasteiger partial charge in [0, 0.05) is 36.0 Å². The number of fused-ring (bicyclic) bond motifs is 1. The second-order valence-corrected chi connectivity index (χ2v) is 10.9. The molecule has 2 aliphatic rings. The lowest BCUT2D eigenvalue weighted by atomic mass is 9.77. The monoisotopic (exact) mass is 556 g/mol. The summed E-state index contributed by atoms with van der Waals surface area (Å²) in [6.07, 6.45) is 3.41. The molecule has 5 rings (SSSR count). The summed E-state index contributed by atoms with van der Waals surface area (Å²) < 4.78 is 0. The van der Waals surface area contributed by atoms with Gasteiger partial charge in [0.1, 0.15) is 5.82 Å². The number of nitrogens with zero attached hydrogens (tertiary/aromatic N) is 1. The number of nitrogens with one attached hydrogen (secondary N) is 5. The Kier molecular flexibility index (Phi) is 8.52. The van der Waals surface area contributed by atoms with Crippen LogP contribution in [0.2, 0.25) is 10.2 Å². The number of hydrazine groups is 1. The van der Waals surface area contributed by atoms with E-state index in [1.54, 1.807) is 6.07 Å². The topological polar surface area (TPSA) is 146 Å². The molecule has 3 aromatic rings. The lowest BCUT2D eigenvalue weighted by molar-refractivity contribution is 0.236. The van der Waals surface area contributed by atoms with Gasteiger partial charge in [-0.25, -0.2) is 15.2 Å². The van der Waals surface area contributed by atoms with Crippen LogP contribution in [0.15, 0.2) is 48.5 Å². The third-order valence-electron chi connectivity index (χ3n) is 7.66. The fourth-order valence-electron chi connectivity index (χ4n) is 5.59. The Morgan fingerprint density at radius 1 is 1.11 bits per heavy atom. The van der Waals surface area contributed by atoms with E-state index in [1.807, 2.05) is 42.5 Å². The first-order valence-electron chi connectivity index (χ1n) is 13.0. The summed E-state index contributed by atoms with van der Waals surface area (Å²) in [7, 11) is 0. The Morgan fingerprint density at radius 3 is 2.71 bits per heavy atom. The van der Waals surface area contributed by atoms with Crippen LogP contribution in [0.3, 0.4) is 0 Å². The number of hydrogen-bond donors (Lipinski definition) is 7. The maximum absolute atomic E-state index is 13.0. The van der Waals surface area contributed by atoms with Crippen molar-refractivity contribution in [3.63, 3.8) is 0 Å². The van der Waals surface area contributed by atoms with Crippen molar-refractivity contribution >= 4 is 29.2 Å². The molecule has 9 N–H and O–H groups in total. The minimum Gasteiger partial charge on any atom is -0.343 e. The van der Waals surface area contributed by atoms with Gasteiger partial charge in [-0.2, -0.15) is 0 Å². The summed E-state index contributed by atoms with van der Waals surface area (Å²) >= 11 is 12.8. The lowest BCUT2D eigenvalue weighted by Gasteiger charge is -2.31. The number of nitrogens with two attached hydrogens (primary N) is 2. The number of urea groups is 1. The average molecular weight is 558 g/mol. The highest BCUT2D eigenvalue weighted by atomic mass is 35.5. The molecule has 0 spiro atoms. The van der Waals surface area contributed by atoms with Crippen molar-refractivity contribution in [1.29, 1.82) is 0 Å². The molecule has 1 aromatic heterocycles. The third kappa shape index (κ3) is 6.14. The number of halogens is 2. The molecule has 4 unspecified atom stereocenters. The van der Waals surface area contributed by atoms with Crippen LogP contribution in [0.1, 0.15) is 59.4 Å². The fourth-order valence-corrected chi connectivity index (χ4v) is 6.08. The number of benzene rings is 2. The van der Waals surface area contributed by atoms with Crippen molar-refractivity contribution in [3.8, 4) is 0 Å². The molecular weight excluding hydrogens is 523 g/mol. The first-order valence-corrected chi connectivity index (χ1v) is 13.7. The fraction of sp³-hybridized carbons (Fsp3) is 0.407. The largest absolute Gasteiger partial charge is 0.343 e. The molecule has 2 fully saturated rings. The number of aromatic nitrogens is 2. The molecule has 38 heavy (non-hydrogen) atoms. The van der Waals surface area contributed by atoms with Gasteiger partial charge >= 0.3 is 6.03 Å². The van der Waals surface area contributed by atoms with Crippen LogP contribution in [0.25, 0.3) is 0 Å². The van der Waals surface area contributed by atoms with E-state index in [1.165, 1.54) is 0 Å². The SMILES string of the molecule is NCc1ccc(Cl)cc1CNC(=O)N[C@@H](Cc1ccccc1)c1nc(Cl)c(C2CCC3C(N)NNC3C2)[nH]1. The molecule has 1 aliphatic carbocycles. The third-order valence-corrected chi connectivity index (χ3v) is 8.18. The minimum atomic E-state index is -0.409. The average Bonchev–Trinajstić information content (AvgIpc) is 3.49. The van der Waals surface area contributed by atoms with E-state index in [0.717, 1.165) is 41.6 Å². The number of aromatic amines is 1. The summed E-state index contributed by atoms with van der Waals surface area (Å²) in [4.78, 5) is 21.2. The van der Waals surface area contributed by atoms with E-state index in [9.17, 15) is 4.79 Å². The molecule has 2 amide bonds. The molecule has 0 bridgehead atoms. The van der Waals surface area contributed by atoms with Crippen LogP contribution in [-0.2, 0) is 19.5 Å². The number of H-pyrrole nitrogens is 1. The highest BCUT2D eigenvalue weighted by Crippen LogP contribution is 2.40. The molecule has 1 aliphatic heterocycles. The Hall–Kier alpha value is -2.66. The quantitative estimate of drug-likeness (QED) is 0.225. The maximum Gasteiger partial charge on any atom is 0.315 e. The summed E-state index contributed by atoms with van der Waals surface area (Å²) in [5, 5.41) is 7.07. The van der Waals surface area contributed by atoms with Gasteiger partial charge < -0.3 is 27.1 Å². The van der Waals surface area contributed by atoms with Crippen molar-refractivity contribution in [2.45, 2.75) is 62.9 Å². The molecule has 0 radical (unpaired) electrons. The molecule has 5 atom stereocenters. The van der Waals surface area contributed by atoms with Crippen molar-refractivity contribution < 1.29 is 4.79 Å². The highest BCUT2D eigenvalue weighted by Gasteiger charge is 2.40. The van der Waals surface area contributed by atoms with Crippen LogP contribution in [0, 0.1) is 5.92 Å². The standard InChI is InChI=1S/C27H34Cl2N8O/c28-19-8-6-17(13-30)18(11-19)14-32-27(38)33-22(10-15-4-2-1-3-5-15)26-34-23(24(29)35-26)16-7-9-20-21(12-16)36-37-25(20)31/h1-6,8,11,16,20-22,25,36-37H,7,9-10,12-14,30-31H2,(H,34,35)(H2,32,33,38)/t16?,20?,21?,22-,25?/m0/s1. The Morgan fingerprint density at radius 2 is 1.92 bits per heavy atom. The molecule has 1 saturated carbocycles. The van der Waals surface area contributed by atoms with Crippen LogP contribution < -0.4 is 33.0 Å². The van der Waals surface area contributed by atoms with Gasteiger partial charge in [0.15, 0.2) is 5.15 Å². The van der Waals surface area contributed by atoms with Crippen molar-refractivity contribution in [3.05, 3.63) is 86.9 Å². The number of hydrogen-bond acceptors (Lipinski definition) is 6. The zero-order chi connectivity index (χ0) is 26.6. The molecule has 202 valence electrons. The van der Waals surface area contributed by atoms with Gasteiger partial charge in [0.05, 0.1) is 17.9 Å². The number of carbonyl (C=O) groups is 1. The molecule has 9 nitrogen and oxygen atoms in total. The van der Waals surface area contributed by atoms with Crippen molar-refractivity contribution in [2.75, 3.05) is 0 Å². The molecule has 11 heteroatoms. The first kappa shape index (κ1) is 26.9. The van der Waals surface area contributed by atoms with Gasteiger partial charge in [-0.15, -0.1) is 0 Å². The number of amides is 2. The van der Waals surface area contributed by atoms with Gasteiger partial charge in [0.25, 0.3) is 0 Å². The summed E-state index contributed by atoms with van der Waals surface area (Å²) in [5.41, 5.74) is 22.3. The second-order valence-electron chi connectivity index (χ2n) is 10.1. The number of imidazole rings is 1. The molecule has 2 heterocycles. The van der Waals surface area contributed by atoms with E-state index in [0.29, 0.717) is 47.5 Å². The predicted octanol–water partition coefficient (Wildman–Crippen LogP) is 3.60. The zero-order valence-corrected chi connectivity index (χ0v) is 22.5. The predicted molar refractivity (Wildman–Crippen MR) is 149 cm³/mol. The first-order chi connectivity index (χ1) is 18.4. The Labute approximate surface area is 232 Å².